The van der Waals surface area contributed by atoms with E-state index in [4.69, 9.17) is 15.6 Å². The third-order valence-electron chi connectivity index (χ3n) is 4.23. The number of carbonyl (C=O) groups is 1. The molecule has 2 heterocycles. The van der Waals surface area contributed by atoms with Crippen LogP contribution >= 0.6 is 11.8 Å². The van der Waals surface area contributed by atoms with Gasteiger partial charge < -0.3 is 15.6 Å². The summed E-state index contributed by atoms with van der Waals surface area (Å²) in [4.78, 5) is 18.1. The van der Waals surface area contributed by atoms with Crippen LogP contribution in [0.2, 0.25) is 0 Å². The van der Waals surface area contributed by atoms with Crippen molar-refractivity contribution in [2.45, 2.75) is 37.5 Å². The maximum Gasteiger partial charge on any atom is 0.230 e. The lowest BCUT2D eigenvalue weighted by atomic mass is 10.1. The summed E-state index contributed by atoms with van der Waals surface area (Å²) in [6.07, 6.45) is 9.97. The van der Waals surface area contributed by atoms with Crippen molar-refractivity contribution < 1.29 is 14.6 Å². The van der Waals surface area contributed by atoms with Gasteiger partial charge in [-0.25, -0.2) is 4.98 Å². The first-order valence-electron chi connectivity index (χ1n) is 9.16. The number of aromatic nitrogens is 1. The van der Waals surface area contributed by atoms with E-state index < -0.39 is 0 Å². The van der Waals surface area contributed by atoms with Crippen LogP contribution < -0.4 is 10.5 Å². The number of hydrogen-bond acceptors (Lipinski definition) is 6. The fourth-order valence-electron chi connectivity index (χ4n) is 2.89. The van der Waals surface area contributed by atoms with Crippen LogP contribution in [0.25, 0.3) is 0 Å². The molecule has 0 aliphatic carbocycles. The van der Waals surface area contributed by atoms with Crippen molar-refractivity contribution in [2.24, 2.45) is 5.73 Å². The molecule has 0 aromatic carbocycles. The van der Waals surface area contributed by atoms with E-state index in [-0.39, 0.29) is 17.8 Å². The average molecular weight is 380 g/mol. The second-order valence-electron chi connectivity index (χ2n) is 6.34. The molecule has 1 saturated heterocycles. The second kappa shape index (κ2) is 11.9. The first-order chi connectivity index (χ1) is 12.7. The van der Waals surface area contributed by atoms with Crippen molar-refractivity contribution in [2.75, 3.05) is 32.1 Å². The molecular weight excluding hydrogens is 350 g/mol. The van der Waals surface area contributed by atoms with Crippen LogP contribution in [0, 0.1) is 0 Å². The number of allylic oxidation sites excluding steroid dienone is 1. The van der Waals surface area contributed by atoms with E-state index in [2.05, 4.69) is 9.88 Å². The number of aliphatic hydroxyl groups excluding tert-OH is 1. The van der Waals surface area contributed by atoms with E-state index in [1.165, 1.54) is 36.6 Å². The van der Waals surface area contributed by atoms with Crippen molar-refractivity contribution in [3.8, 4) is 5.88 Å². The molecular formula is C19H29N3O3S. The standard InChI is InChI=1S/C19H29N3O3S/c20-19(24)17(26-13-11-23)6-2-5-12-25-18-14-16(7-8-21-18)15-22-9-3-1-4-10-22/h2,5,7-8,14,17,23H,1,3-4,6,9-13,15H2,(H2,20,24). The van der Waals surface area contributed by atoms with E-state index in [9.17, 15) is 4.79 Å². The number of piperidine rings is 1. The molecule has 0 spiro atoms. The van der Waals surface area contributed by atoms with Crippen LogP contribution in [0.5, 0.6) is 5.88 Å². The zero-order valence-corrected chi connectivity index (χ0v) is 16.0. The Balaban J connectivity index is 1.74. The van der Waals surface area contributed by atoms with Crippen LogP contribution in [0.3, 0.4) is 0 Å². The van der Waals surface area contributed by atoms with Gasteiger partial charge in [0.1, 0.15) is 6.61 Å². The SMILES string of the molecule is NC(=O)C(CC=CCOc1cc(CN2CCCCC2)ccn1)SCCO. The van der Waals surface area contributed by atoms with E-state index in [1.54, 1.807) is 6.20 Å². The monoisotopic (exact) mass is 379 g/mol. The molecule has 2 rings (SSSR count). The Morgan fingerprint density at radius 3 is 2.92 bits per heavy atom. The molecule has 1 fully saturated rings. The molecule has 144 valence electrons. The van der Waals surface area contributed by atoms with Crippen molar-refractivity contribution in [3.05, 3.63) is 36.0 Å². The summed E-state index contributed by atoms with van der Waals surface area (Å²) in [6, 6.07) is 4.03. The molecule has 1 aromatic rings. The molecule has 3 N–H and O–H groups in total. The average Bonchev–Trinajstić information content (AvgIpc) is 2.65. The van der Waals surface area contributed by atoms with Crippen LogP contribution in [-0.2, 0) is 11.3 Å². The molecule has 1 aliphatic rings. The lowest BCUT2D eigenvalue weighted by Gasteiger charge is -2.26. The number of nitrogens with two attached hydrogens (primary N) is 1. The highest BCUT2D eigenvalue weighted by atomic mass is 32.2. The predicted molar refractivity (Wildman–Crippen MR) is 105 cm³/mol. The highest BCUT2D eigenvalue weighted by Crippen LogP contribution is 2.16. The molecule has 1 unspecified atom stereocenters. The normalized spacial score (nSPS) is 16.7. The Morgan fingerprint density at radius 2 is 2.19 bits per heavy atom. The minimum atomic E-state index is -0.360. The Hall–Kier alpha value is -1.57. The summed E-state index contributed by atoms with van der Waals surface area (Å²) in [6.45, 7) is 3.71. The Bertz CT molecular complexity index is 577. The fraction of sp³-hybridized carbons (Fsp3) is 0.579. The van der Waals surface area contributed by atoms with E-state index >= 15 is 0 Å². The number of pyridine rings is 1. The third kappa shape index (κ3) is 7.76. The van der Waals surface area contributed by atoms with E-state index in [0.717, 1.165) is 19.6 Å². The molecule has 0 bridgehead atoms. The molecule has 0 saturated carbocycles. The molecule has 1 amide bonds. The minimum absolute atomic E-state index is 0.0424. The Labute approximate surface area is 159 Å². The van der Waals surface area contributed by atoms with Gasteiger partial charge in [0.05, 0.1) is 11.9 Å². The number of nitrogens with zero attached hydrogens (tertiary/aromatic N) is 2. The number of rotatable bonds is 11. The van der Waals surface area contributed by atoms with Crippen molar-refractivity contribution >= 4 is 17.7 Å². The topological polar surface area (TPSA) is 88.7 Å². The Kier molecular flexibility index (Phi) is 9.52. The molecule has 0 radical (unpaired) electrons. The van der Waals surface area contributed by atoms with Crippen LogP contribution in [0.1, 0.15) is 31.2 Å². The van der Waals surface area contributed by atoms with E-state index in [1.807, 2.05) is 24.3 Å². The smallest absolute Gasteiger partial charge is 0.230 e. The number of hydrogen-bond donors (Lipinski definition) is 2. The fourth-order valence-corrected chi connectivity index (χ4v) is 3.69. The number of aliphatic hydroxyl groups is 1. The van der Waals surface area contributed by atoms with Crippen molar-refractivity contribution in [3.63, 3.8) is 0 Å². The number of primary amides is 1. The van der Waals surface area contributed by atoms with Gasteiger partial charge >= 0.3 is 0 Å². The maximum absolute atomic E-state index is 11.3. The first-order valence-corrected chi connectivity index (χ1v) is 10.2. The minimum Gasteiger partial charge on any atom is -0.473 e. The van der Waals surface area contributed by atoms with Crippen molar-refractivity contribution in [1.82, 2.24) is 9.88 Å². The molecule has 26 heavy (non-hydrogen) atoms. The molecule has 1 aromatic heterocycles. The summed E-state index contributed by atoms with van der Waals surface area (Å²) < 4.78 is 5.68. The Morgan fingerprint density at radius 1 is 1.38 bits per heavy atom. The maximum atomic E-state index is 11.3. The highest BCUT2D eigenvalue weighted by molar-refractivity contribution is 8.00. The van der Waals surface area contributed by atoms with Gasteiger partial charge in [-0.05, 0) is 44.0 Å². The van der Waals surface area contributed by atoms with Crippen LogP contribution in [-0.4, -0.2) is 58.2 Å². The first kappa shape index (κ1) is 20.7. The van der Waals surface area contributed by atoms with Gasteiger partial charge in [0.2, 0.25) is 11.8 Å². The van der Waals surface area contributed by atoms with Gasteiger partial charge in [-0.2, -0.15) is 0 Å². The molecule has 1 aliphatic heterocycles. The van der Waals surface area contributed by atoms with Gasteiger partial charge in [-0.1, -0.05) is 18.6 Å². The lowest BCUT2D eigenvalue weighted by Crippen LogP contribution is -2.29. The van der Waals surface area contributed by atoms with E-state index in [0.29, 0.717) is 24.7 Å². The van der Waals surface area contributed by atoms with Gasteiger partial charge in [0.25, 0.3) is 0 Å². The van der Waals surface area contributed by atoms with Gasteiger partial charge in [-0.15, -0.1) is 11.8 Å². The van der Waals surface area contributed by atoms with Gasteiger partial charge in [0, 0.05) is 24.6 Å². The molecule has 1 atom stereocenters. The van der Waals surface area contributed by atoms with Crippen LogP contribution in [0.4, 0.5) is 0 Å². The summed E-state index contributed by atoms with van der Waals surface area (Å²) >= 11 is 1.37. The summed E-state index contributed by atoms with van der Waals surface area (Å²) in [5.74, 6) is 0.762. The van der Waals surface area contributed by atoms with Gasteiger partial charge in [0.15, 0.2) is 0 Å². The number of amides is 1. The van der Waals surface area contributed by atoms with Gasteiger partial charge in [-0.3, -0.25) is 9.69 Å². The zero-order valence-electron chi connectivity index (χ0n) is 15.2. The zero-order chi connectivity index (χ0) is 18.6. The molecule has 6 nitrogen and oxygen atoms in total. The number of thioether (sulfide) groups is 1. The lowest BCUT2D eigenvalue weighted by molar-refractivity contribution is -0.117. The summed E-state index contributed by atoms with van der Waals surface area (Å²) in [5.41, 5.74) is 6.57. The van der Waals surface area contributed by atoms with Crippen LogP contribution in [0.15, 0.2) is 30.5 Å². The number of ether oxygens (including phenoxy) is 1. The molecule has 7 heteroatoms. The van der Waals surface area contributed by atoms with Crippen molar-refractivity contribution in [1.29, 1.82) is 0 Å². The summed E-state index contributed by atoms with van der Waals surface area (Å²) in [5, 5.41) is 8.52. The summed E-state index contributed by atoms with van der Waals surface area (Å²) in [7, 11) is 0. The third-order valence-corrected chi connectivity index (χ3v) is 5.47. The quantitative estimate of drug-likeness (QED) is 0.572. The number of likely N-dealkylation sites (tertiary alicyclic amines) is 1. The highest BCUT2D eigenvalue weighted by Gasteiger charge is 2.13. The largest absolute Gasteiger partial charge is 0.473 e. The second-order valence-corrected chi connectivity index (χ2v) is 7.65. The number of carbonyl (C=O) groups excluding carboxylic acids is 1. The predicted octanol–water partition coefficient (Wildman–Crippen LogP) is 1.97.